The topological polar surface area (TPSA) is 55.1 Å². The largest absolute Gasteiger partial charge is 0.436 e. The molecular formula is C20H18N2O2. The van der Waals surface area contributed by atoms with Gasteiger partial charge in [-0.1, -0.05) is 18.2 Å². The highest BCUT2D eigenvalue weighted by Gasteiger charge is 2.08. The molecule has 1 aromatic heterocycles. The van der Waals surface area contributed by atoms with Gasteiger partial charge < -0.3 is 9.73 Å². The van der Waals surface area contributed by atoms with Crippen molar-refractivity contribution in [1.29, 1.82) is 0 Å². The molecule has 24 heavy (non-hydrogen) atoms. The van der Waals surface area contributed by atoms with Crippen LogP contribution in [-0.4, -0.2) is 10.8 Å². The Morgan fingerprint density at radius 2 is 1.71 bits per heavy atom. The molecule has 0 saturated carbocycles. The average molecular weight is 318 g/mol. The van der Waals surface area contributed by atoms with E-state index >= 15 is 0 Å². The van der Waals surface area contributed by atoms with Crippen molar-refractivity contribution in [2.24, 2.45) is 0 Å². The zero-order valence-electron chi connectivity index (χ0n) is 13.6. The first-order valence-corrected chi connectivity index (χ1v) is 7.69. The number of carbonyl (C=O) groups is 1. The van der Waals surface area contributed by atoms with Crippen molar-refractivity contribution in [3.8, 4) is 22.8 Å². The van der Waals surface area contributed by atoms with E-state index in [2.05, 4.69) is 10.3 Å². The summed E-state index contributed by atoms with van der Waals surface area (Å²) >= 11 is 0. The van der Waals surface area contributed by atoms with Crippen molar-refractivity contribution in [2.75, 3.05) is 5.32 Å². The minimum Gasteiger partial charge on any atom is -0.436 e. The van der Waals surface area contributed by atoms with Crippen LogP contribution < -0.4 is 5.32 Å². The van der Waals surface area contributed by atoms with Crippen molar-refractivity contribution < 1.29 is 9.21 Å². The van der Waals surface area contributed by atoms with Gasteiger partial charge in [-0.25, -0.2) is 4.98 Å². The molecule has 0 aliphatic rings. The maximum Gasteiger partial charge on any atom is 0.226 e. The summed E-state index contributed by atoms with van der Waals surface area (Å²) in [4.78, 5) is 15.4. The molecule has 120 valence electrons. The number of rotatable bonds is 5. The predicted octanol–water partition coefficient (Wildman–Crippen LogP) is 4.91. The second-order valence-electron chi connectivity index (χ2n) is 5.54. The Labute approximate surface area is 140 Å². The number of oxazole rings is 1. The maximum absolute atomic E-state index is 11.1. The van der Waals surface area contributed by atoms with Crippen LogP contribution in [0.3, 0.4) is 0 Å². The van der Waals surface area contributed by atoms with Gasteiger partial charge in [-0.3, -0.25) is 4.79 Å². The number of aromatic nitrogens is 1. The van der Waals surface area contributed by atoms with Gasteiger partial charge >= 0.3 is 0 Å². The van der Waals surface area contributed by atoms with Crippen LogP contribution in [0.5, 0.6) is 0 Å². The van der Waals surface area contributed by atoms with E-state index in [1.54, 1.807) is 12.3 Å². The zero-order valence-corrected chi connectivity index (χ0v) is 13.6. The molecule has 2 aromatic carbocycles. The highest BCUT2D eigenvalue weighted by molar-refractivity contribution is 5.88. The van der Waals surface area contributed by atoms with E-state index < -0.39 is 0 Å². The summed E-state index contributed by atoms with van der Waals surface area (Å²) in [5.41, 5.74) is 3.62. The summed E-state index contributed by atoms with van der Waals surface area (Å²) in [5.74, 6) is 1.34. The third-order valence-electron chi connectivity index (χ3n) is 3.46. The number of anilines is 1. The Morgan fingerprint density at radius 3 is 2.38 bits per heavy atom. The molecule has 0 aliphatic heterocycles. The van der Waals surface area contributed by atoms with Crippen LogP contribution in [0.2, 0.25) is 0 Å². The number of hydrogen-bond donors (Lipinski definition) is 1. The van der Waals surface area contributed by atoms with E-state index in [1.807, 2.05) is 61.5 Å². The van der Waals surface area contributed by atoms with Crippen molar-refractivity contribution >= 4 is 11.5 Å². The summed E-state index contributed by atoms with van der Waals surface area (Å²) in [6, 6.07) is 17.6. The van der Waals surface area contributed by atoms with Crippen LogP contribution in [0.15, 0.2) is 77.0 Å². The fraction of sp³-hybridized carbons (Fsp3) is 0.100. The first-order chi connectivity index (χ1) is 11.6. The third kappa shape index (κ3) is 3.79. The summed E-state index contributed by atoms with van der Waals surface area (Å²) < 4.78 is 5.84. The van der Waals surface area contributed by atoms with Gasteiger partial charge in [0.1, 0.15) is 0 Å². The lowest BCUT2D eigenvalue weighted by molar-refractivity contribution is -0.112. The summed E-state index contributed by atoms with van der Waals surface area (Å²) in [6.07, 6.45) is 3.29. The van der Waals surface area contributed by atoms with Crippen molar-refractivity contribution in [1.82, 2.24) is 4.98 Å². The van der Waals surface area contributed by atoms with E-state index in [0.29, 0.717) is 5.89 Å². The van der Waals surface area contributed by atoms with Crippen LogP contribution in [0.4, 0.5) is 5.69 Å². The molecule has 4 heteroatoms. The van der Waals surface area contributed by atoms with Crippen molar-refractivity contribution in [3.63, 3.8) is 0 Å². The molecule has 0 bridgehead atoms. The van der Waals surface area contributed by atoms with Gasteiger partial charge in [0.05, 0.1) is 6.20 Å². The smallest absolute Gasteiger partial charge is 0.226 e. The molecule has 0 fully saturated rings. The lowest BCUT2D eigenvalue weighted by atomic mass is 10.1. The Morgan fingerprint density at radius 1 is 1.00 bits per heavy atom. The van der Waals surface area contributed by atoms with E-state index in [-0.39, 0.29) is 5.78 Å². The molecule has 0 atom stereocenters. The molecule has 0 unspecified atom stereocenters. The number of ketones is 1. The van der Waals surface area contributed by atoms with Gasteiger partial charge in [-0.2, -0.15) is 0 Å². The third-order valence-corrected chi connectivity index (χ3v) is 3.46. The van der Waals surface area contributed by atoms with Gasteiger partial charge in [0.2, 0.25) is 5.89 Å². The average Bonchev–Trinajstić information content (AvgIpc) is 3.05. The minimum absolute atomic E-state index is 0.0201. The molecule has 0 aliphatic carbocycles. The van der Waals surface area contributed by atoms with Crippen molar-refractivity contribution in [3.05, 3.63) is 72.6 Å². The Kier molecular flexibility index (Phi) is 4.57. The van der Waals surface area contributed by atoms with Crippen LogP contribution in [0.25, 0.3) is 22.8 Å². The summed E-state index contributed by atoms with van der Waals surface area (Å²) in [6.45, 7) is 3.39. The Bertz CT molecular complexity index is 862. The fourth-order valence-electron chi connectivity index (χ4n) is 2.41. The molecule has 4 nitrogen and oxygen atoms in total. The van der Waals surface area contributed by atoms with Crippen molar-refractivity contribution in [2.45, 2.75) is 13.8 Å². The number of allylic oxidation sites excluding steroid dienone is 2. The van der Waals surface area contributed by atoms with E-state index in [0.717, 1.165) is 28.3 Å². The molecule has 1 N–H and O–H groups in total. The van der Waals surface area contributed by atoms with Gasteiger partial charge in [-0.05, 0) is 56.3 Å². The maximum atomic E-state index is 11.1. The number of nitrogens with one attached hydrogen (secondary N) is 1. The zero-order chi connectivity index (χ0) is 16.9. The van der Waals surface area contributed by atoms with Gasteiger partial charge in [0.25, 0.3) is 0 Å². The van der Waals surface area contributed by atoms with Gasteiger partial charge in [0, 0.05) is 22.5 Å². The highest BCUT2D eigenvalue weighted by atomic mass is 16.4. The number of hydrogen-bond acceptors (Lipinski definition) is 4. The lowest BCUT2D eigenvalue weighted by Crippen LogP contribution is -1.97. The van der Waals surface area contributed by atoms with Crippen LogP contribution in [-0.2, 0) is 4.79 Å². The van der Waals surface area contributed by atoms with E-state index in [1.165, 1.54) is 6.92 Å². The van der Waals surface area contributed by atoms with Crippen LogP contribution in [0, 0.1) is 0 Å². The van der Waals surface area contributed by atoms with Crippen LogP contribution >= 0.6 is 0 Å². The highest BCUT2D eigenvalue weighted by Crippen LogP contribution is 2.27. The molecule has 3 aromatic rings. The molecular weight excluding hydrogens is 300 g/mol. The molecule has 1 heterocycles. The molecule has 0 saturated heterocycles. The fourth-order valence-corrected chi connectivity index (χ4v) is 2.41. The summed E-state index contributed by atoms with van der Waals surface area (Å²) in [5, 5.41) is 3.18. The van der Waals surface area contributed by atoms with E-state index in [9.17, 15) is 4.79 Å². The van der Waals surface area contributed by atoms with Gasteiger partial charge in [0.15, 0.2) is 11.5 Å². The second-order valence-corrected chi connectivity index (χ2v) is 5.54. The molecule has 3 rings (SSSR count). The first-order valence-electron chi connectivity index (χ1n) is 7.69. The molecule has 0 amide bonds. The number of benzene rings is 2. The Balaban J connectivity index is 1.77. The molecule has 0 spiro atoms. The minimum atomic E-state index is 0.0201. The normalized spacial score (nSPS) is 11.3. The Hall–Kier alpha value is -3.14. The van der Waals surface area contributed by atoms with E-state index in [4.69, 9.17) is 4.42 Å². The summed E-state index contributed by atoms with van der Waals surface area (Å²) in [7, 11) is 0. The predicted molar refractivity (Wildman–Crippen MR) is 95.4 cm³/mol. The SMILES string of the molecule is CC(=O)/C=C(/C)Nc1ccc(-c2cnc(-c3ccccc3)o2)cc1. The number of carbonyl (C=O) groups excluding carboxylic acids is 1. The number of nitrogens with zero attached hydrogens (tertiary/aromatic N) is 1. The standard InChI is InChI=1S/C20H18N2O2/c1-14(12-15(2)23)22-18-10-8-16(9-11-18)19-13-21-20(24-19)17-6-4-3-5-7-17/h3-13,22H,1-2H3/b14-12-. The quantitative estimate of drug-likeness (QED) is 0.679. The first kappa shape index (κ1) is 15.7. The molecule has 0 radical (unpaired) electrons. The van der Waals surface area contributed by atoms with Gasteiger partial charge in [-0.15, -0.1) is 0 Å². The second kappa shape index (κ2) is 6.96. The lowest BCUT2D eigenvalue weighted by Gasteiger charge is -2.06. The monoisotopic (exact) mass is 318 g/mol. The van der Waals surface area contributed by atoms with Crippen LogP contribution in [0.1, 0.15) is 13.8 Å².